The Hall–Kier alpha value is -1.00. The second-order valence-electron chi connectivity index (χ2n) is 2.29. The molecule has 70 valence electrons. The lowest BCUT2D eigenvalue weighted by Crippen LogP contribution is -2.09. The Morgan fingerprint density at radius 2 is 2.00 bits per heavy atom. The van der Waals surface area contributed by atoms with Crippen LogP contribution in [0.3, 0.4) is 0 Å². The zero-order chi connectivity index (χ0) is 9.78. The standard InChI is InChI=1S/C7H9F3O2/c1-2-5(3-6(11)12)4-7(8,9)10/h3H,2,4H2,1H3,(H,11,12)/b5-3-. The molecule has 0 unspecified atom stereocenters. The molecule has 0 spiro atoms. The van der Waals surface area contributed by atoms with Gasteiger partial charge in [0.2, 0.25) is 0 Å². The highest BCUT2D eigenvalue weighted by Gasteiger charge is 2.28. The highest BCUT2D eigenvalue weighted by atomic mass is 19.4. The normalized spacial score (nSPS) is 13.2. The summed E-state index contributed by atoms with van der Waals surface area (Å²) in [5, 5.41) is 8.17. The van der Waals surface area contributed by atoms with Gasteiger partial charge < -0.3 is 5.11 Å². The first-order valence-corrected chi connectivity index (χ1v) is 3.34. The minimum absolute atomic E-state index is 0.103. The summed E-state index contributed by atoms with van der Waals surface area (Å²) in [6.07, 6.45) is -4.76. The summed E-state index contributed by atoms with van der Waals surface area (Å²) in [6.45, 7) is 1.49. The smallest absolute Gasteiger partial charge is 0.392 e. The summed E-state index contributed by atoms with van der Waals surface area (Å²) in [4.78, 5) is 10.0. The number of halogens is 3. The lowest BCUT2D eigenvalue weighted by molar-refractivity contribution is -0.132. The molecule has 1 N–H and O–H groups in total. The fraction of sp³-hybridized carbons (Fsp3) is 0.571. The van der Waals surface area contributed by atoms with E-state index in [9.17, 15) is 18.0 Å². The fourth-order valence-corrected chi connectivity index (χ4v) is 0.710. The zero-order valence-electron chi connectivity index (χ0n) is 6.48. The summed E-state index contributed by atoms with van der Waals surface area (Å²) >= 11 is 0. The van der Waals surface area contributed by atoms with Gasteiger partial charge in [0.15, 0.2) is 0 Å². The molecule has 5 heteroatoms. The largest absolute Gasteiger partial charge is 0.478 e. The first kappa shape index (κ1) is 11.0. The third kappa shape index (κ3) is 5.76. The lowest BCUT2D eigenvalue weighted by Gasteiger charge is -2.07. The van der Waals surface area contributed by atoms with Crippen LogP contribution >= 0.6 is 0 Å². The molecule has 12 heavy (non-hydrogen) atoms. The Morgan fingerprint density at radius 3 is 2.25 bits per heavy atom. The second-order valence-corrected chi connectivity index (χ2v) is 2.29. The molecule has 0 radical (unpaired) electrons. The maximum absolute atomic E-state index is 11.7. The van der Waals surface area contributed by atoms with Gasteiger partial charge in [-0.15, -0.1) is 0 Å². The Balaban J connectivity index is 4.28. The molecule has 0 aliphatic rings. The van der Waals surface area contributed by atoms with Crippen molar-refractivity contribution in [2.45, 2.75) is 25.9 Å². The summed E-state index contributed by atoms with van der Waals surface area (Å²) < 4.78 is 35.1. The SMILES string of the molecule is CC/C(=C/C(=O)O)CC(F)(F)F. The summed E-state index contributed by atoms with van der Waals surface area (Å²) in [6, 6.07) is 0. The van der Waals surface area contributed by atoms with Gasteiger partial charge in [0.1, 0.15) is 0 Å². The molecule has 0 saturated carbocycles. The molecule has 0 aromatic carbocycles. The molecule has 0 amide bonds. The monoisotopic (exact) mass is 182 g/mol. The molecule has 0 aliphatic heterocycles. The minimum atomic E-state index is -4.32. The van der Waals surface area contributed by atoms with Gasteiger partial charge in [-0.25, -0.2) is 4.79 Å². The number of hydrogen-bond donors (Lipinski definition) is 1. The lowest BCUT2D eigenvalue weighted by atomic mass is 10.1. The maximum Gasteiger partial charge on any atom is 0.392 e. The number of alkyl halides is 3. The van der Waals surface area contributed by atoms with Crippen molar-refractivity contribution >= 4 is 5.97 Å². The van der Waals surface area contributed by atoms with Gasteiger partial charge in [-0.1, -0.05) is 12.5 Å². The molecule has 0 heterocycles. The number of allylic oxidation sites excluding steroid dienone is 1. The predicted octanol–water partition coefficient (Wildman–Crippen LogP) is 2.36. The van der Waals surface area contributed by atoms with E-state index >= 15 is 0 Å². The van der Waals surface area contributed by atoms with E-state index in [2.05, 4.69) is 0 Å². The number of carboxylic acid groups (broad SMARTS) is 1. The van der Waals surface area contributed by atoms with E-state index in [1.54, 1.807) is 0 Å². The van der Waals surface area contributed by atoms with Crippen molar-refractivity contribution < 1.29 is 23.1 Å². The Kier molecular flexibility index (Phi) is 3.79. The van der Waals surface area contributed by atoms with Crippen LogP contribution in [-0.4, -0.2) is 17.3 Å². The van der Waals surface area contributed by atoms with Crippen molar-refractivity contribution in [2.24, 2.45) is 0 Å². The van der Waals surface area contributed by atoms with E-state index in [0.29, 0.717) is 6.08 Å². The number of carboxylic acids is 1. The molecule has 0 bridgehead atoms. The Bertz CT molecular complexity index is 193. The fourth-order valence-electron chi connectivity index (χ4n) is 0.710. The third-order valence-corrected chi connectivity index (χ3v) is 1.21. The van der Waals surface area contributed by atoms with E-state index in [0.717, 1.165) is 0 Å². The van der Waals surface area contributed by atoms with Gasteiger partial charge in [0.25, 0.3) is 0 Å². The molecule has 0 aliphatic carbocycles. The van der Waals surface area contributed by atoms with Crippen LogP contribution in [-0.2, 0) is 4.79 Å². The van der Waals surface area contributed by atoms with Crippen molar-refractivity contribution in [3.05, 3.63) is 11.6 Å². The van der Waals surface area contributed by atoms with E-state index in [1.165, 1.54) is 6.92 Å². The maximum atomic E-state index is 11.7. The van der Waals surface area contributed by atoms with E-state index in [1.807, 2.05) is 0 Å². The number of aliphatic carboxylic acids is 1. The van der Waals surface area contributed by atoms with E-state index < -0.39 is 18.6 Å². The third-order valence-electron chi connectivity index (χ3n) is 1.21. The van der Waals surface area contributed by atoms with Crippen LogP contribution in [0.5, 0.6) is 0 Å². The van der Waals surface area contributed by atoms with Crippen LogP contribution in [0.4, 0.5) is 13.2 Å². The molecule has 0 atom stereocenters. The van der Waals surface area contributed by atoms with Crippen molar-refractivity contribution in [1.82, 2.24) is 0 Å². The van der Waals surface area contributed by atoms with E-state index in [-0.39, 0.29) is 12.0 Å². The molecule has 0 fully saturated rings. The van der Waals surface area contributed by atoms with Gasteiger partial charge in [-0.2, -0.15) is 13.2 Å². The van der Waals surface area contributed by atoms with E-state index in [4.69, 9.17) is 5.11 Å². The summed E-state index contributed by atoms with van der Waals surface area (Å²) in [7, 11) is 0. The van der Waals surface area contributed by atoms with Crippen molar-refractivity contribution in [3.63, 3.8) is 0 Å². The number of hydrogen-bond acceptors (Lipinski definition) is 1. The van der Waals surface area contributed by atoms with Crippen LogP contribution in [0, 0.1) is 0 Å². The average Bonchev–Trinajstić information content (AvgIpc) is 1.82. The molecule has 2 nitrogen and oxygen atoms in total. The molecule has 0 aromatic rings. The van der Waals surface area contributed by atoms with Crippen molar-refractivity contribution in [1.29, 1.82) is 0 Å². The molecular weight excluding hydrogens is 173 g/mol. The quantitative estimate of drug-likeness (QED) is 0.680. The van der Waals surface area contributed by atoms with Crippen molar-refractivity contribution in [2.75, 3.05) is 0 Å². The van der Waals surface area contributed by atoms with Gasteiger partial charge in [0.05, 0.1) is 6.42 Å². The molecule has 0 aromatic heterocycles. The molecule has 0 rings (SSSR count). The highest BCUT2D eigenvalue weighted by Crippen LogP contribution is 2.25. The highest BCUT2D eigenvalue weighted by molar-refractivity contribution is 5.80. The Morgan fingerprint density at radius 1 is 1.50 bits per heavy atom. The second kappa shape index (κ2) is 4.13. The van der Waals surface area contributed by atoms with Crippen LogP contribution < -0.4 is 0 Å². The van der Waals surface area contributed by atoms with Gasteiger partial charge >= 0.3 is 12.1 Å². The number of rotatable bonds is 3. The topological polar surface area (TPSA) is 37.3 Å². The van der Waals surface area contributed by atoms with Gasteiger partial charge in [0, 0.05) is 6.08 Å². The minimum Gasteiger partial charge on any atom is -0.478 e. The van der Waals surface area contributed by atoms with Gasteiger partial charge in [-0.05, 0) is 6.42 Å². The van der Waals surface area contributed by atoms with Crippen molar-refractivity contribution in [3.8, 4) is 0 Å². The first-order chi connectivity index (χ1) is 5.35. The van der Waals surface area contributed by atoms with Crippen LogP contribution in [0.25, 0.3) is 0 Å². The molecular formula is C7H9F3O2. The van der Waals surface area contributed by atoms with Gasteiger partial charge in [-0.3, -0.25) is 0 Å². The molecule has 0 saturated heterocycles. The zero-order valence-corrected chi connectivity index (χ0v) is 6.48. The summed E-state index contributed by atoms with van der Waals surface area (Å²) in [5.74, 6) is -1.34. The van der Waals surface area contributed by atoms with Crippen LogP contribution in [0.1, 0.15) is 19.8 Å². The van der Waals surface area contributed by atoms with Crippen LogP contribution in [0.15, 0.2) is 11.6 Å². The Labute approximate surface area is 67.7 Å². The first-order valence-electron chi connectivity index (χ1n) is 3.34. The number of carbonyl (C=O) groups is 1. The van der Waals surface area contributed by atoms with Crippen LogP contribution in [0.2, 0.25) is 0 Å². The summed E-state index contributed by atoms with van der Waals surface area (Å²) in [5.41, 5.74) is -0.116. The average molecular weight is 182 g/mol. The predicted molar refractivity (Wildman–Crippen MR) is 36.7 cm³/mol.